The number of hydrogen-bond donors (Lipinski definition) is 3. The van der Waals surface area contributed by atoms with E-state index < -0.39 is 28.5 Å². The summed E-state index contributed by atoms with van der Waals surface area (Å²) in [5.74, 6) is -0.965. The van der Waals surface area contributed by atoms with E-state index in [1.165, 1.54) is 13.1 Å². The number of nitrogens with zero attached hydrogens (tertiary/aromatic N) is 2. The summed E-state index contributed by atoms with van der Waals surface area (Å²) >= 11 is 0. The van der Waals surface area contributed by atoms with Crippen molar-refractivity contribution in [3.8, 4) is 0 Å². The van der Waals surface area contributed by atoms with Crippen molar-refractivity contribution in [2.75, 3.05) is 23.8 Å². The Kier molecular flexibility index (Phi) is 7.66. The first-order chi connectivity index (χ1) is 14.1. The topological polar surface area (TPSA) is 148 Å². The maximum Gasteiger partial charge on any atom is 0.307 e. The summed E-state index contributed by atoms with van der Waals surface area (Å²) in [5.41, 5.74) is 1.04. The molecule has 2 amide bonds. The van der Waals surface area contributed by atoms with Crippen LogP contribution in [0.4, 0.5) is 11.4 Å². The van der Waals surface area contributed by atoms with Crippen LogP contribution in [0.5, 0.6) is 0 Å². The Morgan fingerprint density at radius 3 is 2.23 bits per heavy atom. The quantitative estimate of drug-likeness (QED) is 0.485. The first-order valence-corrected chi connectivity index (χ1v) is 10.4. The Labute approximate surface area is 173 Å². The van der Waals surface area contributed by atoms with E-state index in [-0.39, 0.29) is 23.9 Å². The van der Waals surface area contributed by atoms with Crippen molar-refractivity contribution in [1.29, 1.82) is 0 Å². The highest BCUT2D eigenvalue weighted by Gasteiger charge is 2.18. The van der Waals surface area contributed by atoms with Gasteiger partial charge in [0.25, 0.3) is 15.9 Å². The summed E-state index contributed by atoms with van der Waals surface area (Å²) in [4.78, 5) is 38.5. The molecule has 0 saturated carbocycles. The van der Waals surface area contributed by atoms with Crippen molar-refractivity contribution in [2.45, 2.75) is 25.3 Å². The molecule has 1 aromatic heterocycles. The summed E-state index contributed by atoms with van der Waals surface area (Å²) in [6.07, 6.45) is 1.12. The van der Waals surface area contributed by atoms with Crippen LogP contribution in [-0.4, -0.2) is 48.9 Å². The number of sulfonamides is 1. The van der Waals surface area contributed by atoms with Gasteiger partial charge in [0.05, 0.1) is 6.42 Å². The van der Waals surface area contributed by atoms with Gasteiger partial charge in [-0.25, -0.2) is 18.1 Å². The Balaban J connectivity index is 1.72. The largest absolute Gasteiger partial charge is 0.456 e. The van der Waals surface area contributed by atoms with Gasteiger partial charge in [0.2, 0.25) is 5.91 Å². The van der Waals surface area contributed by atoms with Gasteiger partial charge < -0.3 is 19.9 Å². The molecule has 0 aliphatic heterocycles. The Morgan fingerprint density at radius 1 is 1.10 bits per heavy atom. The van der Waals surface area contributed by atoms with Crippen LogP contribution in [0.25, 0.3) is 0 Å². The summed E-state index contributed by atoms with van der Waals surface area (Å²) in [6.45, 7) is 2.34. The van der Waals surface area contributed by atoms with Crippen LogP contribution in [0, 0.1) is 6.92 Å². The fourth-order valence-electron chi connectivity index (χ4n) is 2.27. The lowest BCUT2D eigenvalue weighted by Crippen LogP contribution is -2.28. The average molecular weight is 437 g/mol. The number of esters is 1. The fourth-order valence-corrected chi connectivity index (χ4v) is 3.34. The van der Waals surface area contributed by atoms with Crippen molar-refractivity contribution in [2.24, 2.45) is 7.05 Å². The maximum atomic E-state index is 12.1. The van der Waals surface area contributed by atoms with Crippen LogP contribution >= 0.6 is 0 Å². The minimum atomic E-state index is -3.84. The second-order valence-corrected chi connectivity index (χ2v) is 8.07. The predicted octanol–water partition coefficient (Wildman–Crippen LogP) is 0.537. The minimum Gasteiger partial charge on any atom is -0.456 e. The van der Waals surface area contributed by atoms with Gasteiger partial charge in [0.15, 0.2) is 11.6 Å². The molecule has 0 spiro atoms. The average Bonchev–Trinajstić information content (AvgIpc) is 3.01. The highest BCUT2D eigenvalue weighted by atomic mass is 32.2. The third-order valence-corrected chi connectivity index (χ3v) is 5.17. The zero-order chi connectivity index (χ0) is 22.3. The number of hydrogen-bond acceptors (Lipinski definition) is 7. The number of anilines is 2. The number of nitrogens with one attached hydrogen (secondary N) is 3. The van der Waals surface area contributed by atoms with Crippen molar-refractivity contribution >= 4 is 39.2 Å². The number of imidazole rings is 1. The van der Waals surface area contributed by atoms with Crippen molar-refractivity contribution in [3.63, 3.8) is 0 Å². The summed E-state index contributed by atoms with van der Waals surface area (Å²) in [5, 5.41) is 4.99. The molecule has 0 atom stereocenters. The molecule has 0 aliphatic rings. The SMILES string of the molecule is CC(=O)Nc1ccc(NC(=O)COC(=O)CCNS(=O)(=O)c2cn(C)c(C)n2)cc1. The van der Waals surface area contributed by atoms with Gasteiger partial charge in [-0.3, -0.25) is 14.4 Å². The van der Waals surface area contributed by atoms with Gasteiger partial charge in [0.1, 0.15) is 5.82 Å². The molecule has 1 aromatic carbocycles. The predicted molar refractivity (Wildman–Crippen MR) is 108 cm³/mol. The molecule has 162 valence electrons. The number of ether oxygens (including phenoxy) is 1. The van der Waals surface area contributed by atoms with Gasteiger partial charge in [-0.2, -0.15) is 0 Å². The van der Waals surface area contributed by atoms with E-state index in [1.807, 2.05) is 0 Å². The van der Waals surface area contributed by atoms with Gasteiger partial charge in [0, 0.05) is 38.1 Å². The van der Waals surface area contributed by atoms with Gasteiger partial charge >= 0.3 is 5.97 Å². The molecule has 11 nitrogen and oxygen atoms in total. The second-order valence-electron chi connectivity index (χ2n) is 6.35. The fraction of sp³-hybridized carbons (Fsp3) is 0.333. The van der Waals surface area contributed by atoms with Gasteiger partial charge in [-0.1, -0.05) is 0 Å². The highest BCUT2D eigenvalue weighted by Crippen LogP contribution is 2.13. The molecule has 1 heterocycles. The highest BCUT2D eigenvalue weighted by molar-refractivity contribution is 7.89. The van der Waals surface area contributed by atoms with Gasteiger partial charge in [-0.05, 0) is 31.2 Å². The number of carbonyl (C=O) groups excluding carboxylic acids is 3. The normalized spacial score (nSPS) is 11.0. The molecule has 12 heteroatoms. The Hall–Kier alpha value is -3.25. The van der Waals surface area contributed by atoms with Gasteiger partial charge in [-0.15, -0.1) is 0 Å². The lowest BCUT2D eigenvalue weighted by Gasteiger charge is -2.08. The van der Waals surface area contributed by atoms with E-state index in [0.717, 1.165) is 0 Å². The number of carbonyl (C=O) groups is 3. The standard InChI is InChI=1S/C18H23N5O6S/c1-12-20-17(10-23(12)3)30(27,28)19-9-8-18(26)29-11-16(25)22-15-6-4-14(5-7-15)21-13(2)24/h4-7,10,19H,8-9,11H2,1-3H3,(H,21,24)(H,22,25). The van der Waals surface area contributed by atoms with E-state index in [9.17, 15) is 22.8 Å². The Morgan fingerprint density at radius 2 is 1.70 bits per heavy atom. The molecule has 0 fully saturated rings. The minimum absolute atomic E-state index is 0.139. The molecule has 0 bridgehead atoms. The Bertz CT molecular complexity index is 1010. The zero-order valence-corrected chi connectivity index (χ0v) is 17.6. The monoisotopic (exact) mass is 437 g/mol. The van der Waals surface area contributed by atoms with Crippen LogP contribution in [0.2, 0.25) is 0 Å². The van der Waals surface area contributed by atoms with Crippen LogP contribution in [0.15, 0.2) is 35.5 Å². The molecule has 0 saturated heterocycles. The summed E-state index contributed by atoms with van der Waals surface area (Å²) in [7, 11) is -2.17. The van der Waals surface area contributed by atoms with E-state index >= 15 is 0 Å². The smallest absolute Gasteiger partial charge is 0.307 e. The van der Waals surface area contributed by atoms with Crippen molar-refractivity contribution in [1.82, 2.24) is 14.3 Å². The molecule has 2 rings (SSSR count). The van der Waals surface area contributed by atoms with Crippen LogP contribution in [-0.2, 0) is 36.2 Å². The van der Waals surface area contributed by atoms with Crippen LogP contribution in [0.3, 0.4) is 0 Å². The molecular formula is C18H23N5O6S. The molecule has 0 aliphatic carbocycles. The molecule has 0 radical (unpaired) electrons. The van der Waals surface area contributed by atoms with E-state index in [1.54, 1.807) is 42.8 Å². The number of aromatic nitrogens is 2. The lowest BCUT2D eigenvalue weighted by atomic mass is 10.2. The number of amides is 2. The molecule has 3 N–H and O–H groups in total. The lowest BCUT2D eigenvalue weighted by molar-refractivity contribution is -0.147. The van der Waals surface area contributed by atoms with Crippen molar-refractivity contribution in [3.05, 3.63) is 36.3 Å². The van der Waals surface area contributed by atoms with E-state index in [2.05, 4.69) is 20.3 Å². The molecule has 30 heavy (non-hydrogen) atoms. The van der Waals surface area contributed by atoms with E-state index in [0.29, 0.717) is 17.2 Å². The first-order valence-electron chi connectivity index (χ1n) is 8.89. The molecule has 2 aromatic rings. The van der Waals surface area contributed by atoms with Crippen LogP contribution < -0.4 is 15.4 Å². The number of rotatable bonds is 9. The molecular weight excluding hydrogens is 414 g/mol. The third-order valence-electron chi connectivity index (χ3n) is 3.84. The third kappa shape index (κ3) is 6.97. The number of aryl methyl sites for hydroxylation is 2. The van der Waals surface area contributed by atoms with Crippen molar-refractivity contribution < 1.29 is 27.5 Å². The zero-order valence-electron chi connectivity index (χ0n) is 16.8. The van der Waals surface area contributed by atoms with Crippen LogP contribution in [0.1, 0.15) is 19.2 Å². The first kappa shape index (κ1) is 23.0. The van der Waals surface area contributed by atoms with E-state index in [4.69, 9.17) is 4.74 Å². The maximum absolute atomic E-state index is 12.1. The molecule has 0 unspecified atom stereocenters. The summed E-state index contributed by atoms with van der Waals surface area (Å²) in [6, 6.07) is 6.38. The summed E-state index contributed by atoms with van der Waals surface area (Å²) < 4.78 is 32.9. The number of benzene rings is 1. The second kappa shape index (κ2) is 9.98.